The number of fused-ring (bicyclic) bond motifs is 2. The highest BCUT2D eigenvalue weighted by atomic mass is 35.5. The van der Waals surface area contributed by atoms with Crippen LogP contribution in [0.25, 0.3) is 0 Å². The van der Waals surface area contributed by atoms with Gasteiger partial charge in [-0.25, -0.2) is 0 Å². The summed E-state index contributed by atoms with van der Waals surface area (Å²) in [5.41, 5.74) is 2.02. The van der Waals surface area contributed by atoms with Crippen LogP contribution in [0.1, 0.15) is 37.7 Å². The predicted molar refractivity (Wildman–Crippen MR) is 126 cm³/mol. The highest BCUT2D eigenvalue weighted by Gasteiger charge is 2.41. The molecule has 4 rings (SSSR count). The number of benzene rings is 2. The predicted octanol–water partition coefficient (Wildman–Crippen LogP) is 4.80. The summed E-state index contributed by atoms with van der Waals surface area (Å²) in [6.45, 7) is 1.80. The zero-order valence-corrected chi connectivity index (χ0v) is 19.1. The zero-order chi connectivity index (χ0) is 21.8. The van der Waals surface area contributed by atoms with E-state index in [0.29, 0.717) is 41.0 Å². The molecule has 1 N–H and O–H groups in total. The van der Waals surface area contributed by atoms with Gasteiger partial charge in [-0.05, 0) is 56.5 Å². The molecule has 2 atom stereocenters. The van der Waals surface area contributed by atoms with Crippen molar-refractivity contribution >= 4 is 23.2 Å². The van der Waals surface area contributed by atoms with Gasteiger partial charge in [0.15, 0.2) is 0 Å². The third kappa shape index (κ3) is 5.40. The van der Waals surface area contributed by atoms with Crippen LogP contribution in [0.15, 0.2) is 48.5 Å². The normalized spacial score (nSPS) is 23.2. The van der Waals surface area contributed by atoms with Crippen LogP contribution in [0.4, 0.5) is 5.69 Å². The summed E-state index contributed by atoms with van der Waals surface area (Å²) < 4.78 is 5.32. The lowest BCUT2D eigenvalue weighted by Crippen LogP contribution is -2.49. The van der Waals surface area contributed by atoms with Gasteiger partial charge in [-0.2, -0.15) is 0 Å². The molecule has 1 amide bonds. The maximum Gasteiger partial charge on any atom is 0.225 e. The van der Waals surface area contributed by atoms with Crippen LogP contribution in [-0.2, 0) is 11.3 Å². The average molecular weight is 442 g/mol. The minimum Gasteiger partial charge on any atom is -0.495 e. The van der Waals surface area contributed by atoms with Crippen molar-refractivity contribution in [1.82, 2.24) is 9.80 Å². The van der Waals surface area contributed by atoms with Gasteiger partial charge in [-0.3, -0.25) is 9.69 Å². The average Bonchev–Trinajstić information content (AvgIpc) is 2.99. The minimum absolute atomic E-state index is 0.0168. The first-order chi connectivity index (χ1) is 15.0. The molecule has 2 aromatic carbocycles. The molecule has 0 spiro atoms. The number of hydrogen-bond acceptors (Lipinski definition) is 4. The van der Waals surface area contributed by atoms with E-state index in [1.165, 1.54) is 31.2 Å². The van der Waals surface area contributed by atoms with E-state index in [-0.39, 0.29) is 5.91 Å². The van der Waals surface area contributed by atoms with E-state index >= 15 is 0 Å². The third-order valence-corrected chi connectivity index (χ3v) is 7.05. The molecule has 31 heavy (non-hydrogen) atoms. The topological polar surface area (TPSA) is 44.8 Å². The van der Waals surface area contributed by atoms with Crippen LogP contribution in [0.3, 0.4) is 0 Å². The Morgan fingerprint density at radius 1 is 1.16 bits per heavy atom. The Morgan fingerprint density at radius 2 is 1.87 bits per heavy atom. The monoisotopic (exact) mass is 441 g/mol. The van der Waals surface area contributed by atoms with Crippen molar-refractivity contribution in [3.63, 3.8) is 0 Å². The van der Waals surface area contributed by atoms with Gasteiger partial charge in [0, 0.05) is 42.7 Å². The molecule has 0 aromatic heterocycles. The number of methoxy groups -OCH3 is 1. The summed E-state index contributed by atoms with van der Waals surface area (Å²) in [6.07, 6.45) is 5.40. The van der Waals surface area contributed by atoms with Crippen LogP contribution in [0, 0.1) is 0 Å². The molecular weight excluding hydrogens is 410 g/mol. The van der Waals surface area contributed by atoms with Crippen molar-refractivity contribution in [2.75, 3.05) is 26.0 Å². The molecule has 0 aliphatic carbocycles. The molecule has 0 radical (unpaired) electrons. The van der Waals surface area contributed by atoms with Crippen molar-refractivity contribution in [3.8, 4) is 5.75 Å². The molecule has 5 nitrogen and oxygen atoms in total. The van der Waals surface area contributed by atoms with Crippen LogP contribution in [0.5, 0.6) is 5.75 Å². The van der Waals surface area contributed by atoms with E-state index in [1.807, 2.05) is 0 Å². The van der Waals surface area contributed by atoms with E-state index in [1.54, 1.807) is 25.3 Å². The number of carbonyl (C=O) groups excluding carboxylic acids is 1. The number of piperidine rings is 1. The fraction of sp³-hybridized carbons (Fsp3) is 0.480. The van der Waals surface area contributed by atoms with Crippen LogP contribution >= 0.6 is 11.6 Å². The molecule has 2 aliphatic heterocycles. The van der Waals surface area contributed by atoms with E-state index in [9.17, 15) is 4.79 Å². The number of ether oxygens (including phenoxy) is 1. The Labute approximate surface area is 190 Å². The summed E-state index contributed by atoms with van der Waals surface area (Å²) in [5, 5.41) is 3.52. The Kier molecular flexibility index (Phi) is 7.16. The molecule has 0 saturated carbocycles. The van der Waals surface area contributed by atoms with Crippen LogP contribution in [0.2, 0.25) is 5.02 Å². The molecule has 2 saturated heterocycles. The number of anilines is 1. The van der Waals surface area contributed by atoms with Gasteiger partial charge in [0.05, 0.1) is 12.8 Å². The standard InChI is InChI=1S/C25H32ClN3O2/c1-28(13-12-25(30)27-23-14-19(26)8-11-24(23)31-2)22-15-20-9-10-21(16-22)29(20)17-18-6-4-3-5-7-18/h3-8,11,14,20-22H,9-10,12-13,15-17H2,1-2H3,(H,27,30). The van der Waals surface area contributed by atoms with Gasteiger partial charge in [-0.15, -0.1) is 0 Å². The van der Waals surface area contributed by atoms with E-state index < -0.39 is 0 Å². The fourth-order valence-corrected chi connectivity index (χ4v) is 5.28. The largest absolute Gasteiger partial charge is 0.495 e. The molecule has 6 heteroatoms. The summed E-state index contributed by atoms with van der Waals surface area (Å²) in [7, 11) is 3.75. The maximum absolute atomic E-state index is 12.5. The first-order valence-corrected chi connectivity index (χ1v) is 11.5. The number of carbonyl (C=O) groups is 1. The van der Waals surface area contributed by atoms with Crippen LogP contribution < -0.4 is 10.1 Å². The molecular formula is C25H32ClN3O2. The Hall–Kier alpha value is -2.08. The van der Waals surface area contributed by atoms with Gasteiger partial charge < -0.3 is 15.0 Å². The lowest BCUT2D eigenvalue weighted by Gasteiger charge is -2.42. The number of hydrogen-bond donors (Lipinski definition) is 1. The molecule has 2 fully saturated rings. The highest BCUT2D eigenvalue weighted by Crippen LogP contribution is 2.38. The first-order valence-electron chi connectivity index (χ1n) is 11.2. The summed E-state index contributed by atoms with van der Waals surface area (Å²) in [5.74, 6) is 0.602. The van der Waals surface area contributed by atoms with Gasteiger partial charge in [-0.1, -0.05) is 41.9 Å². The molecule has 166 valence electrons. The summed E-state index contributed by atoms with van der Waals surface area (Å²) in [4.78, 5) is 17.6. The second kappa shape index (κ2) is 10.0. The molecule has 2 bridgehead atoms. The molecule has 2 heterocycles. The van der Waals surface area contributed by atoms with Gasteiger partial charge in [0.25, 0.3) is 0 Å². The second-order valence-corrected chi connectivity index (χ2v) is 9.23. The quantitative estimate of drug-likeness (QED) is 0.638. The number of amides is 1. The van der Waals surface area contributed by atoms with Gasteiger partial charge in [0.1, 0.15) is 5.75 Å². The summed E-state index contributed by atoms with van der Waals surface area (Å²) in [6, 6.07) is 17.9. The Bertz CT molecular complexity index is 878. The molecule has 2 unspecified atom stereocenters. The summed E-state index contributed by atoms with van der Waals surface area (Å²) >= 11 is 6.06. The lowest BCUT2D eigenvalue weighted by molar-refractivity contribution is -0.116. The SMILES string of the molecule is COc1ccc(Cl)cc1NC(=O)CCN(C)C1CC2CCC(C1)N2Cc1ccccc1. The zero-order valence-electron chi connectivity index (χ0n) is 18.4. The maximum atomic E-state index is 12.5. The van der Waals surface area contributed by atoms with E-state index in [2.05, 4.69) is 52.5 Å². The van der Waals surface area contributed by atoms with Crippen molar-refractivity contribution in [2.45, 2.75) is 56.8 Å². The lowest BCUT2D eigenvalue weighted by atomic mass is 9.95. The molecule has 2 aliphatic rings. The highest BCUT2D eigenvalue weighted by molar-refractivity contribution is 6.31. The second-order valence-electron chi connectivity index (χ2n) is 8.79. The first kappa shape index (κ1) is 22.1. The Balaban J connectivity index is 1.28. The van der Waals surface area contributed by atoms with E-state index in [4.69, 9.17) is 16.3 Å². The molecule has 2 aromatic rings. The number of nitrogens with zero attached hydrogens (tertiary/aromatic N) is 2. The van der Waals surface area contributed by atoms with Crippen LogP contribution in [-0.4, -0.2) is 54.5 Å². The van der Waals surface area contributed by atoms with Crippen molar-refractivity contribution < 1.29 is 9.53 Å². The minimum atomic E-state index is -0.0168. The van der Waals surface area contributed by atoms with Gasteiger partial charge in [0.2, 0.25) is 5.91 Å². The Morgan fingerprint density at radius 3 is 2.55 bits per heavy atom. The fourth-order valence-electron chi connectivity index (χ4n) is 5.11. The van der Waals surface area contributed by atoms with Crippen molar-refractivity contribution in [2.24, 2.45) is 0 Å². The van der Waals surface area contributed by atoms with Gasteiger partial charge >= 0.3 is 0 Å². The number of nitrogens with one attached hydrogen (secondary N) is 1. The van der Waals surface area contributed by atoms with Crippen molar-refractivity contribution in [1.29, 1.82) is 0 Å². The number of halogens is 1. The van der Waals surface area contributed by atoms with Crippen molar-refractivity contribution in [3.05, 3.63) is 59.1 Å². The smallest absolute Gasteiger partial charge is 0.225 e. The third-order valence-electron chi connectivity index (χ3n) is 6.82. The number of rotatable bonds is 8. The van der Waals surface area contributed by atoms with E-state index in [0.717, 1.165) is 13.1 Å².